The largest absolute Gasteiger partial charge is 0.338 e. The standard InChI is InChI=1S/C11H12BrNO/c12-10-5-2-1-4-9(10)11-6-3-7-13(11)8-14/h1-2,4-5,8,11H,3,6-7H2. The Labute approximate surface area is 92.0 Å². The van der Waals surface area contributed by atoms with E-state index in [0.29, 0.717) is 0 Å². The molecule has 0 saturated carbocycles. The molecule has 1 unspecified atom stereocenters. The van der Waals surface area contributed by atoms with Crippen molar-refractivity contribution in [3.63, 3.8) is 0 Å². The predicted molar refractivity (Wildman–Crippen MR) is 58.9 cm³/mol. The van der Waals surface area contributed by atoms with E-state index in [1.807, 2.05) is 23.1 Å². The highest BCUT2D eigenvalue weighted by Gasteiger charge is 2.25. The summed E-state index contributed by atoms with van der Waals surface area (Å²) in [5, 5.41) is 0. The molecule has 1 aliphatic heterocycles. The molecular formula is C11H12BrNO. The van der Waals surface area contributed by atoms with Gasteiger partial charge in [0.1, 0.15) is 0 Å². The molecule has 1 aliphatic rings. The van der Waals surface area contributed by atoms with Crippen LogP contribution in [-0.2, 0) is 4.79 Å². The summed E-state index contributed by atoms with van der Waals surface area (Å²) in [5.41, 5.74) is 1.22. The van der Waals surface area contributed by atoms with Crippen LogP contribution in [0.3, 0.4) is 0 Å². The van der Waals surface area contributed by atoms with Gasteiger partial charge in [-0.2, -0.15) is 0 Å². The highest BCUT2D eigenvalue weighted by molar-refractivity contribution is 9.10. The second-order valence-corrected chi connectivity index (χ2v) is 4.38. The van der Waals surface area contributed by atoms with Crippen LogP contribution < -0.4 is 0 Å². The summed E-state index contributed by atoms with van der Waals surface area (Å²) in [6.45, 7) is 0.884. The first-order chi connectivity index (χ1) is 6.83. The number of carbonyl (C=O) groups excluding carboxylic acids is 1. The van der Waals surface area contributed by atoms with Crippen LogP contribution >= 0.6 is 15.9 Å². The minimum atomic E-state index is 0.267. The van der Waals surface area contributed by atoms with Gasteiger partial charge in [-0.1, -0.05) is 34.1 Å². The first-order valence-corrected chi connectivity index (χ1v) is 5.57. The third-order valence-electron chi connectivity index (χ3n) is 2.69. The van der Waals surface area contributed by atoms with E-state index in [9.17, 15) is 4.79 Å². The molecule has 1 aromatic carbocycles. The number of amides is 1. The summed E-state index contributed by atoms with van der Waals surface area (Å²) in [5.74, 6) is 0. The maximum atomic E-state index is 10.8. The molecule has 74 valence electrons. The number of rotatable bonds is 2. The number of nitrogens with zero attached hydrogens (tertiary/aromatic N) is 1. The smallest absolute Gasteiger partial charge is 0.210 e. The zero-order valence-electron chi connectivity index (χ0n) is 7.82. The van der Waals surface area contributed by atoms with Gasteiger partial charge in [0.25, 0.3) is 0 Å². The Morgan fingerprint density at radius 1 is 1.43 bits per heavy atom. The van der Waals surface area contributed by atoms with Crippen molar-refractivity contribution >= 4 is 22.3 Å². The molecule has 0 radical (unpaired) electrons. The Morgan fingerprint density at radius 2 is 2.21 bits per heavy atom. The van der Waals surface area contributed by atoms with E-state index in [1.165, 1.54) is 5.56 Å². The SMILES string of the molecule is O=CN1CCCC1c1ccccc1Br. The number of benzene rings is 1. The van der Waals surface area contributed by atoms with Crippen LogP contribution in [0.1, 0.15) is 24.4 Å². The molecule has 0 N–H and O–H groups in total. The average Bonchev–Trinajstić information content (AvgIpc) is 2.66. The summed E-state index contributed by atoms with van der Waals surface area (Å²) < 4.78 is 1.10. The highest BCUT2D eigenvalue weighted by Crippen LogP contribution is 2.34. The van der Waals surface area contributed by atoms with Gasteiger partial charge in [-0.05, 0) is 24.5 Å². The van der Waals surface area contributed by atoms with Crippen molar-refractivity contribution in [2.75, 3.05) is 6.54 Å². The molecule has 0 spiro atoms. The normalized spacial score (nSPS) is 21.2. The Morgan fingerprint density at radius 3 is 2.93 bits per heavy atom. The van der Waals surface area contributed by atoms with Crippen molar-refractivity contribution in [1.29, 1.82) is 0 Å². The number of hydrogen-bond donors (Lipinski definition) is 0. The zero-order chi connectivity index (χ0) is 9.97. The topological polar surface area (TPSA) is 20.3 Å². The van der Waals surface area contributed by atoms with Crippen LogP contribution in [0.2, 0.25) is 0 Å². The molecule has 1 atom stereocenters. The van der Waals surface area contributed by atoms with Crippen molar-refractivity contribution < 1.29 is 4.79 Å². The molecule has 0 bridgehead atoms. The molecule has 1 amide bonds. The Kier molecular flexibility index (Phi) is 2.87. The van der Waals surface area contributed by atoms with E-state index in [0.717, 1.165) is 30.3 Å². The molecule has 1 saturated heterocycles. The van der Waals surface area contributed by atoms with Crippen LogP contribution in [0.5, 0.6) is 0 Å². The van der Waals surface area contributed by atoms with Crippen LogP contribution in [0, 0.1) is 0 Å². The predicted octanol–water partition coefficient (Wildman–Crippen LogP) is 2.74. The summed E-state index contributed by atoms with van der Waals surface area (Å²) in [4.78, 5) is 12.7. The fraction of sp³-hybridized carbons (Fsp3) is 0.364. The third-order valence-corrected chi connectivity index (χ3v) is 3.42. The third kappa shape index (κ3) is 1.69. The Hall–Kier alpha value is -0.830. The van der Waals surface area contributed by atoms with Gasteiger partial charge in [0.2, 0.25) is 6.41 Å². The number of hydrogen-bond acceptors (Lipinski definition) is 1. The van der Waals surface area contributed by atoms with E-state index in [2.05, 4.69) is 22.0 Å². The van der Waals surface area contributed by atoms with Gasteiger partial charge in [0.15, 0.2) is 0 Å². The lowest BCUT2D eigenvalue weighted by Crippen LogP contribution is -2.21. The van der Waals surface area contributed by atoms with Gasteiger partial charge in [-0.15, -0.1) is 0 Å². The van der Waals surface area contributed by atoms with Gasteiger partial charge in [-0.3, -0.25) is 4.79 Å². The number of likely N-dealkylation sites (tertiary alicyclic amines) is 1. The Bertz CT molecular complexity index is 340. The first kappa shape index (κ1) is 9.71. The Balaban J connectivity index is 2.30. The molecule has 0 aromatic heterocycles. The summed E-state index contributed by atoms with van der Waals surface area (Å²) in [7, 11) is 0. The lowest BCUT2D eigenvalue weighted by atomic mass is 10.1. The fourth-order valence-corrected chi connectivity index (χ4v) is 2.54. The second-order valence-electron chi connectivity index (χ2n) is 3.52. The van der Waals surface area contributed by atoms with Gasteiger partial charge in [-0.25, -0.2) is 0 Å². The first-order valence-electron chi connectivity index (χ1n) is 4.78. The minimum Gasteiger partial charge on any atom is -0.338 e. The molecule has 2 rings (SSSR count). The monoisotopic (exact) mass is 253 g/mol. The summed E-state index contributed by atoms with van der Waals surface area (Å²) in [6.07, 6.45) is 3.13. The highest BCUT2D eigenvalue weighted by atomic mass is 79.9. The van der Waals surface area contributed by atoms with E-state index >= 15 is 0 Å². The van der Waals surface area contributed by atoms with Crippen LogP contribution in [0.4, 0.5) is 0 Å². The number of carbonyl (C=O) groups is 1. The fourth-order valence-electron chi connectivity index (χ4n) is 1.99. The van der Waals surface area contributed by atoms with Crippen LogP contribution in [-0.4, -0.2) is 17.9 Å². The maximum absolute atomic E-state index is 10.8. The molecule has 14 heavy (non-hydrogen) atoms. The molecular weight excluding hydrogens is 242 g/mol. The quantitative estimate of drug-likeness (QED) is 0.743. The average molecular weight is 254 g/mol. The summed E-state index contributed by atoms with van der Waals surface area (Å²) >= 11 is 3.52. The lowest BCUT2D eigenvalue weighted by Gasteiger charge is -2.21. The van der Waals surface area contributed by atoms with E-state index in [-0.39, 0.29) is 6.04 Å². The maximum Gasteiger partial charge on any atom is 0.210 e. The van der Waals surface area contributed by atoms with E-state index in [1.54, 1.807) is 0 Å². The summed E-state index contributed by atoms with van der Waals surface area (Å²) in [6, 6.07) is 8.38. The second kappa shape index (κ2) is 4.13. The molecule has 0 aliphatic carbocycles. The van der Waals surface area contributed by atoms with Crippen molar-refractivity contribution in [2.45, 2.75) is 18.9 Å². The van der Waals surface area contributed by atoms with Gasteiger partial charge < -0.3 is 4.90 Å². The van der Waals surface area contributed by atoms with Crippen molar-refractivity contribution in [1.82, 2.24) is 4.90 Å². The van der Waals surface area contributed by atoms with Gasteiger partial charge in [0.05, 0.1) is 6.04 Å². The van der Waals surface area contributed by atoms with Crippen molar-refractivity contribution in [3.8, 4) is 0 Å². The molecule has 1 heterocycles. The van der Waals surface area contributed by atoms with E-state index < -0.39 is 0 Å². The van der Waals surface area contributed by atoms with Crippen molar-refractivity contribution in [3.05, 3.63) is 34.3 Å². The zero-order valence-corrected chi connectivity index (χ0v) is 9.40. The van der Waals surface area contributed by atoms with Gasteiger partial charge in [0, 0.05) is 11.0 Å². The van der Waals surface area contributed by atoms with Crippen molar-refractivity contribution in [2.24, 2.45) is 0 Å². The molecule has 1 fully saturated rings. The number of halogens is 1. The van der Waals surface area contributed by atoms with E-state index in [4.69, 9.17) is 0 Å². The van der Waals surface area contributed by atoms with Gasteiger partial charge >= 0.3 is 0 Å². The molecule has 2 nitrogen and oxygen atoms in total. The van der Waals surface area contributed by atoms with Crippen LogP contribution in [0.25, 0.3) is 0 Å². The molecule has 3 heteroatoms. The van der Waals surface area contributed by atoms with Crippen LogP contribution in [0.15, 0.2) is 28.7 Å². The molecule has 1 aromatic rings. The lowest BCUT2D eigenvalue weighted by molar-refractivity contribution is -0.118. The minimum absolute atomic E-state index is 0.267.